The summed E-state index contributed by atoms with van der Waals surface area (Å²) in [4.78, 5) is 0. The van der Waals surface area contributed by atoms with Gasteiger partial charge in [0.15, 0.2) is 0 Å². The number of aliphatic hydroxyl groups excluding tert-OH is 1. The first-order valence-electron chi connectivity index (χ1n) is 7.24. The Balaban J connectivity index is 1.88. The smallest absolute Gasteiger partial charge is 0.214 e. The third-order valence-corrected chi connectivity index (χ3v) is 6.33. The van der Waals surface area contributed by atoms with Crippen molar-refractivity contribution in [3.8, 4) is 0 Å². The van der Waals surface area contributed by atoms with Crippen molar-refractivity contribution >= 4 is 10.0 Å². The van der Waals surface area contributed by atoms with Gasteiger partial charge < -0.3 is 5.11 Å². The van der Waals surface area contributed by atoms with Crippen LogP contribution in [-0.4, -0.2) is 42.8 Å². The molecule has 2 saturated carbocycles. The third-order valence-electron chi connectivity index (χ3n) is 4.38. The second kappa shape index (κ2) is 6.35. The summed E-state index contributed by atoms with van der Waals surface area (Å²) in [5.41, 5.74) is 0. The van der Waals surface area contributed by atoms with Gasteiger partial charge in [-0.05, 0) is 31.6 Å². The van der Waals surface area contributed by atoms with Crippen molar-refractivity contribution in [2.24, 2.45) is 5.92 Å². The molecule has 18 heavy (non-hydrogen) atoms. The van der Waals surface area contributed by atoms with Gasteiger partial charge >= 0.3 is 0 Å². The Morgan fingerprint density at radius 1 is 1.11 bits per heavy atom. The minimum absolute atomic E-state index is 0.0708. The van der Waals surface area contributed by atoms with Crippen molar-refractivity contribution in [1.82, 2.24) is 4.31 Å². The molecule has 0 heterocycles. The largest absolute Gasteiger partial charge is 0.396 e. The molecule has 1 N–H and O–H groups in total. The van der Waals surface area contributed by atoms with Crippen LogP contribution in [-0.2, 0) is 10.0 Å². The van der Waals surface area contributed by atoms with E-state index in [0.29, 0.717) is 24.6 Å². The van der Waals surface area contributed by atoms with Crippen molar-refractivity contribution in [2.45, 2.75) is 57.4 Å². The van der Waals surface area contributed by atoms with Crippen molar-refractivity contribution in [1.29, 1.82) is 0 Å². The van der Waals surface area contributed by atoms with E-state index in [4.69, 9.17) is 5.11 Å². The van der Waals surface area contributed by atoms with Crippen LogP contribution in [0.1, 0.15) is 51.4 Å². The van der Waals surface area contributed by atoms with Crippen LogP contribution in [0.5, 0.6) is 0 Å². The molecule has 0 aromatic carbocycles. The molecule has 0 radical (unpaired) electrons. The van der Waals surface area contributed by atoms with Crippen LogP contribution in [0.2, 0.25) is 0 Å². The zero-order valence-electron chi connectivity index (χ0n) is 11.1. The summed E-state index contributed by atoms with van der Waals surface area (Å²) < 4.78 is 26.4. The van der Waals surface area contributed by atoms with Gasteiger partial charge in [0.25, 0.3) is 0 Å². The highest BCUT2D eigenvalue weighted by Crippen LogP contribution is 2.32. The number of hydrogen-bond donors (Lipinski definition) is 1. The van der Waals surface area contributed by atoms with Gasteiger partial charge in [0.1, 0.15) is 0 Å². The van der Waals surface area contributed by atoms with E-state index in [1.54, 1.807) is 4.31 Å². The van der Waals surface area contributed by atoms with E-state index in [9.17, 15) is 8.42 Å². The van der Waals surface area contributed by atoms with Crippen molar-refractivity contribution in [3.05, 3.63) is 0 Å². The molecule has 0 saturated heterocycles. The van der Waals surface area contributed by atoms with E-state index >= 15 is 0 Å². The molecule has 2 aliphatic rings. The van der Waals surface area contributed by atoms with Crippen molar-refractivity contribution < 1.29 is 13.5 Å². The summed E-state index contributed by atoms with van der Waals surface area (Å²) in [6, 6.07) is 0.211. The third kappa shape index (κ3) is 3.45. The molecule has 2 rings (SSSR count). The van der Waals surface area contributed by atoms with Crippen LogP contribution in [0, 0.1) is 5.92 Å². The molecule has 0 atom stereocenters. The van der Waals surface area contributed by atoms with E-state index in [-0.39, 0.29) is 12.6 Å². The number of sulfonamides is 1. The van der Waals surface area contributed by atoms with Gasteiger partial charge in [0.05, 0.1) is 5.75 Å². The average molecular weight is 275 g/mol. The van der Waals surface area contributed by atoms with Crippen LogP contribution in [0.25, 0.3) is 0 Å². The predicted molar refractivity (Wildman–Crippen MR) is 71.8 cm³/mol. The van der Waals surface area contributed by atoms with E-state index in [2.05, 4.69) is 0 Å². The van der Waals surface area contributed by atoms with Crippen LogP contribution in [0.15, 0.2) is 0 Å². The monoisotopic (exact) mass is 275 g/mol. The minimum atomic E-state index is -3.10. The van der Waals surface area contributed by atoms with E-state index < -0.39 is 10.0 Å². The minimum Gasteiger partial charge on any atom is -0.396 e. The maximum Gasteiger partial charge on any atom is 0.214 e. The van der Waals surface area contributed by atoms with E-state index in [0.717, 1.165) is 25.7 Å². The first kappa shape index (κ1) is 14.3. The van der Waals surface area contributed by atoms with Crippen LogP contribution in [0.3, 0.4) is 0 Å². The van der Waals surface area contributed by atoms with Gasteiger partial charge in [-0.25, -0.2) is 8.42 Å². The molecule has 2 aliphatic carbocycles. The SMILES string of the molecule is O=S(=O)(CCC1CCC1)N(CCCO)C1CCC1. The van der Waals surface area contributed by atoms with Crippen LogP contribution in [0.4, 0.5) is 0 Å². The average Bonchev–Trinajstić information content (AvgIpc) is 2.18. The lowest BCUT2D eigenvalue weighted by Crippen LogP contribution is -2.46. The highest BCUT2D eigenvalue weighted by atomic mass is 32.2. The van der Waals surface area contributed by atoms with Gasteiger partial charge in [0.2, 0.25) is 10.0 Å². The zero-order valence-corrected chi connectivity index (χ0v) is 11.9. The highest BCUT2D eigenvalue weighted by Gasteiger charge is 2.33. The lowest BCUT2D eigenvalue weighted by molar-refractivity contribution is 0.197. The predicted octanol–water partition coefficient (Wildman–Crippen LogP) is 1.74. The van der Waals surface area contributed by atoms with E-state index in [1.165, 1.54) is 19.3 Å². The standard InChI is InChI=1S/C13H25NO3S/c15-10-3-9-14(13-6-2-7-13)18(16,17)11-8-12-4-1-5-12/h12-13,15H,1-11H2. The fourth-order valence-electron chi connectivity index (χ4n) is 2.66. The molecule has 5 heteroatoms. The Labute approximate surface area is 110 Å². The van der Waals surface area contributed by atoms with Gasteiger partial charge in [-0.15, -0.1) is 0 Å². The molecule has 0 aromatic rings. The molecule has 4 nitrogen and oxygen atoms in total. The maximum absolute atomic E-state index is 12.4. The normalized spacial score (nSPS) is 21.9. The van der Waals surface area contributed by atoms with E-state index in [1.807, 2.05) is 0 Å². The Bertz CT molecular complexity index is 347. The van der Waals surface area contributed by atoms with Gasteiger partial charge in [0, 0.05) is 19.2 Å². The number of aliphatic hydroxyl groups is 1. The first-order chi connectivity index (χ1) is 8.63. The summed E-state index contributed by atoms with van der Waals surface area (Å²) in [5.74, 6) is 0.945. The molecular formula is C13H25NO3S. The van der Waals surface area contributed by atoms with Crippen LogP contribution < -0.4 is 0 Å². The molecule has 0 spiro atoms. The van der Waals surface area contributed by atoms with Crippen LogP contribution >= 0.6 is 0 Å². The topological polar surface area (TPSA) is 57.6 Å². The molecule has 106 valence electrons. The van der Waals surface area contributed by atoms with Gasteiger partial charge in [-0.3, -0.25) is 0 Å². The Morgan fingerprint density at radius 2 is 1.78 bits per heavy atom. The quantitative estimate of drug-likeness (QED) is 0.734. The molecular weight excluding hydrogens is 250 g/mol. The summed E-state index contributed by atoms with van der Waals surface area (Å²) in [5, 5.41) is 8.90. The highest BCUT2D eigenvalue weighted by molar-refractivity contribution is 7.89. The Kier molecular flexibility index (Phi) is 5.04. The summed E-state index contributed by atoms with van der Waals surface area (Å²) in [7, 11) is -3.10. The Morgan fingerprint density at radius 3 is 2.22 bits per heavy atom. The Hall–Kier alpha value is -0.130. The summed E-state index contributed by atoms with van der Waals surface area (Å²) >= 11 is 0. The molecule has 0 amide bonds. The molecule has 0 bridgehead atoms. The maximum atomic E-state index is 12.4. The summed E-state index contributed by atoms with van der Waals surface area (Å²) in [6.45, 7) is 0.565. The zero-order chi connectivity index (χ0) is 13.0. The lowest BCUT2D eigenvalue weighted by Gasteiger charge is -2.37. The van der Waals surface area contributed by atoms with Gasteiger partial charge in [-0.1, -0.05) is 25.7 Å². The second-order valence-corrected chi connectivity index (χ2v) is 7.72. The summed E-state index contributed by atoms with van der Waals surface area (Å²) in [6.07, 6.45) is 8.18. The second-order valence-electron chi connectivity index (χ2n) is 5.67. The molecule has 0 unspecified atom stereocenters. The molecule has 2 fully saturated rings. The lowest BCUT2D eigenvalue weighted by atomic mass is 9.84. The van der Waals surface area contributed by atoms with Gasteiger partial charge in [-0.2, -0.15) is 4.31 Å². The van der Waals surface area contributed by atoms with Crippen molar-refractivity contribution in [2.75, 3.05) is 18.9 Å². The fraction of sp³-hybridized carbons (Fsp3) is 1.00. The molecule has 0 aliphatic heterocycles. The number of rotatable bonds is 8. The molecule has 0 aromatic heterocycles. The first-order valence-corrected chi connectivity index (χ1v) is 8.85. The fourth-order valence-corrected chi connectivity index (χ4v) is 4.60. The number of hydrogen-bond acceptors (Lipinski definition) is 3. The number of nitrogens with zero attached hydrogens (tertiary/aromatic N) is 1. The van der Waals surface area contributed by atoms with Crippen molar-refractivity contribution in [3.63, 3.8) is 0 Å².